The van der Waals surface area contributed by atoms with E-state index in [1.807, 2.05) is 6.92 Å². The van der Waals surface area contributed by atoms with E-state index in [-0.39, 0.29) is 12.6 Å². The van der Waals surface area contributed by atoms with Gasteiger partial charge >= 0.3 is 0 Å². The molecule has 94 valence electrons. The molecule has 3 rings (SSSR count). The Balaban J connectivity index is 1.85. The van der Waals surface area contributed by atoms with Gasteiger partial charge in [-0.1, -0.05) is 11.3 Å². The summed E-state index contributed by atoms with van der Waals surface area (Å²) >= 11 is 1.54. The minimum absolute atomic E-state index is 0.173. The number of rotatable bonds is 3. The number of aromatic nitrogens is 2. The number of ether oxygens (including phenoxy) is 1. The van der Waals surface area contributed by atoms with Gasteiger partial charge in [0, 0.05) is 6.04 Å². The van der Waals surface area contributed by atoms with Crippen molar-refractivity contribution in [2.75, 3.05) is 18.1 Å². The lowest BCUT2D eigenvalue weighted by Gasteiger charge is -2.41. The molecule has 4 nitrogen and oxygen atoms in total. The van der Waals surface area contributed by atoms with Crippen LogP contribution in [0, 0.1) is 6.92 Å². The molecule has 0 radical (unpaired) electrons. The molecule has 2 fully saturated rings. The zero-order valence-corrected chi connectivity index (χ0v) is 10.6. The number of anilines is 1. The van der Waals surface area contributed by atoms with Crippen molar-refractivity contribution >= 4 is 16.5 Å². The summed E-state index contributed by atoms with van der Waals surface area (Å²) < 4.78 is 19.1. The summed E-state index contributed by atoms with van der Waals surface area (Å²) in [5, 5.41) is 9.99. The van der Waals surface area contributed by atoms with Gasteiger partial charge < -0.3 is 9.64 Å². The standard InChI is InChI=1S/C11H16FN3OS/c1-7-13-14-11(17-7)15(8-3-2-4-8)10-6-16-5-9(10)12/h8-10H,2-6H2,1H3/t9-,10-/m1/s1. The van der Waals surface area contributed by atoms with Crippen molar-refractivity contribution < 1.29 is 9.13 Å². The average Bonchev–Trinajstić information content (AvgIpc) is 2.81. The Bertz CT molecular complexity index is 396. The SMILES string of the molecule is Cc1nnc(N(C2CCC2)[C@@H]2COC[C@H]2F)s1. The Morgan fingerprint density at radius 3 is 2.65 bits per heavy atom. The van der Waals surface area contributed by atoms with E-state index in [1.54, 1.807) is 11.3 Å². The van der Waals surface area contributed by atoms with Crippen molar-refractivity contribution in [3.63, 3.8) is 0 Å². The van der Waals surface area contributed by atoms with Crippen molar-refractivity contribution in [1.82, 2.24) is 10.2 Å². The Kier molecular flexibility index (Phi) is 3.00. The highest BCUT2D eigenvalue weighted by atomic mass is 32.1. The van der Waals surface area contributed by atoms with Gasteiger partial charge in [-0.25, -0.2) is 4.39 Å². The average molecular weight is 257 g/mol. The fourth-order valence-electron chi connectivity index (χ4n) is 2.40. The van der Waals surface area contributed by atoms with Gasteiger partial charge in [0.15, 0.2) is 0 Å². The van der Waals surface area contributed by atoms with Crippen LogP contribution < -0.4 is 4.90 Å². The third-order valence-corrected chi connectivity index (χ3v) is 4.40. The maximum Gasteiger partial charge on any atom is 0.208 e. The zero-order chi connectivity index (χ0) is 11.8. The quantitative estimate of drug-likeness (QED) is 0.829. The molecule has 1 saturated heterocycles. The van der Waals surface area contributed by atoms with E-state index in [2.05, 4.69) is 15.1 Å². The van der Waals surface area contributed by atoms with Crippen molar-refractivity contribution in [2.24, 2.45) is 0 Å². The van der Waals surface area contributed by atoms with Crippen LogP contribution in [0.25, 0.3) is 0 Å². The van der Waals surface area contributed by atoms with Crippen molar-refractivity contribution in [3.05, 3.63) is 5.01 Å². The Morgan fingerprint density at radius 2 is 2.18 bits per heavy atom. The first-order valence-electron chi connectivity index (χ1n) is 6.06. The zero-order valence-electron chi connectivity index (χ0n) is 9.80. The van der Waals surface area contributed by atoms with E-state index < -0.39 is 6.17 Å². The van der Waals surface area contributed by atoms with E-state index >= 15 is 0 Å². The molecule has 2 heterocycles. The van der Waals surface area contributed by atoms with E-state index in [9.17, 15) is 4.39 Å². The lowest BCUT2D eigenvalue weighted by atomic mass is 9.90. The molecule has 17 heavy (non-hydrogen) atoms. The Morgan fingerprint density at radius 1 is 1.35 bits per heavy atom. The lowest BCUT2D eigenvalue weighted by molar-refractivity contribution is 0.172. The summed E-state index contributed by atoms with van der Waals surface area (Å²) in [6.07, 6.45) is 2.58. The molecule has 0 N–H and O–H groups in total. The van der Waals surface area contributed by atoms with Crippen molar-refractivity contribution in [2.45, 2.75) is 44.4 Å². The third kappa shape index (κ3) is 2.04. The summed E-state index contributed by atoms with van der Waals surface area (Å²) in [6.45, 7) is 2.61. The molecule has 0 bridgehead atoms. The number of hydrogen-bond acceptors (Lipinski definition) is 5. The fourth-order valence-corrected chi connectivity index (χ4v) is 3.21. The molecule has 0 amide bonds. The van der Waals surface area contributed by atoms with E-state index in [0.29, 0.717) is 12.6 Å². The second-order valence-electron chi connectivity index (χ2n) is 4.72. The van der Waals surface area contributed by atoms with Gasteiger partial charge in [-0.2, -0.15) is 0 Å². The molecular weight excluding hydrogens is 241 g/mol. The fraction of sp³-hybridized carbons (Fsp3) is 0.818. The molecule has 2 aliphatic rings. The largest absolute Gasteiger partial charge is 0.376 e. The van der Waals surface area contributed by atoms with E-state index in [0.717, 1.165) is 23.0 Å². The monoisotopic (exact) mass is 257 g/mol. The molecule has 1 aliphatic carbocycles. The molecule has 1 saturated carbocycles. The number of halogens is 1. The molecule has 0 unspecified atom stereocenters. The Labute approximate surface area is 104 Å². The first-order chi connectivity index (χ1) is 8.25. The van der Waals surface area contributed by atoms with Gasteiger partial charge in [0.1, 0.15) is 11.2 Å². The normalized spacial score (nSPS) is 29.3. The van der Waals surface area contributed by atoms with Crippen molar-refractivity contribution in [3.8, 4) is 0 Å². The lowest BCUT2D eigenvalue weighted by Crippen LogP contribution is -2.50. The first kappa shape index (κ1) is 11.3. The summed E-state index contributed by atoms with van der Waals surface area (Å²) in [5.74, 6) is 0. The smallest absolute Gasteiger partial charge is 0.208 e. The van der Waals surface area contributed by atoms with Crippen LogP contribution in [-0.2, 0) is 4.74 Å². The van der Waals surface area contributed by atoms with Crippen LogP contribution in [0.1, 0.15) is 24.3 Å². The number of aryl methyl sites for hydroxylation is 1. The minimum atomic E-state index is -0.903. The third-order valence-electron chi connectivity index (χ3n) is 3.54. The Hall–Kier alpha value is -0.750. The summed E-state index contributed by atoms with van der Waals surface area (Å²) in [4.78, 5) is 2.12. The van der Waals surface area contributed by atoms with Gasteiger partial charge in [0.05, 0.1) is 19.3 Å². The molecule has 1 aliphatic heterocycles. The number of nitrogens with zero attached hydrogens (tertiary/aromatic N) is 3. The minimum Gasteiger partial charge on any atom is -0.376 e. The second kappa shape index (κ2) is 4.49. The summed E-state index contributed by atoms with van der Waals surface area (Å²) in [5.41, 5.74) is 0. The predicted octanol–water partition coefficient (Wildman–Crippen LogP) is 1.94. The number of alkyl halides is 1. The van der Waals surface area contributed by atoms with Crippen LogP contribution in [0.15, 0.2) is 0 Å². The van der Waals surface area contributed by atoms with Crippen LogP contribution in [-0.4, -0.2) is 41.7 Å². The highest BCUT2D eigenvalue weighted by molar-refractivity contribution is 7.15. The van der Waals surface area contributed by atoms with Crippen LogP contribution in [0.2, 0.25) is 0 Å². The molecule has 6 heteroatoms. The van der Waals surface area contributed by atoms with Crippen molar-refractivity contribution in [1.29, 1.82) is 0 Å². The highest BCUT2D eigenvalue weighted by Crippen LogP contribution is 2.35. The molecule has 1 aromatic rings. The van der Waals surface area contributed by atoms with Crippen LogP contribution in [0.4, 0.5) is 9.52 Å². The van der Waals surface area contributed by atoms with Crippen LogP contribution >= 0.6 is 11.3 Å². The number of hydrogen-bond donors (Lipinski definition) is 0. The topological polar surface area (TPSA) is 38.2 Å². The molecule has 2 atom stereocenters. The summed E-state index contributed by atoms with van der Waals surface area (Å²) in [6, 6.07) is 0.250. The van der Waals surface area contributed by atoms with Gasteiger partial charge in [-0.15, -0.1) is 10.2 Å². The van der Waals surface area contributed by atoms with Gasteiger partial charge in [0.2, 0.25) is 5.13 Å². The van der Waals surface area contributed by atoms with Crippen LogP contribution in [0.5, 0.6) is 0 Å². The van der Waals surface area contributed by atoms with E-state index in [1.165, 1.54) is 6.42 Å². The van der Waals surface area contributed by atoms with Gasteiger partial charge in [0.25, 0.3) is 0 Å². The summed E-state index contributed by atoms with van der Waals surface area (Å²) in [7, 11) is 0. The molecular formula is C11H16FN3OS. The molecule has 0 aromatic carbocycles. The maximum atomic E-state index is 13.8. The molecule has 0 spiro atoms. The van der Waals surface area contributed by atoms with Gasteiger partial charge in [-0.3, -0.25) is 0 Å². The second-order valence-corrected chi connectivity index (χ2v) is 5.88. The van der Waals surface area contributed by atoms with E-state index in [4.69, 9.17) is 4.74 Å². The molecule has 1 aromatic heterocycles. The first-order valence-corrected chi connectivity index (χ1v) is 6.87. The predicted molar refractivity (Wildman–Crippen MR) is 64.3 cm³/mol. The maximum absolute atomic E-state index is 13.8. The van der Waals surface area contributed by atoms with Gasteiger partial charge in [-0.05, 0) is 26.2 Å². The highest BCUT2D eigenvalue weighted by Gasteiger charge is 2.40. The van der Waals surface area contributed by atoms with Crippen LogP contribution in [0.3, 0.4) is 0 Å².